The quantitative estimate of drug-likeness (QED) is 0.528. The molecule has 2 fully saturated rings. The van der Waals surface area contributed by atoms with Gasteiger partial charge in [-0.15, -0.1) is 0 Å². The summed E-state index contributed by atoms with van der Waals surface area (Å²) in [6, 6.07) is 19.7. The average Bonchev–Trinajstić information content (AvgIpc) is 3.54. The number of para-hydroxylation sites is 1. The minimum Gasteiger partial charge on any atom is -0.356 e. The molecule has 2 heterocycles. The second-order valence-corrected chi connectivity index (χ2v) is 11.1. The summed E-state index contributed by atoms with van der Waals surface area (Å²) in [5.41, 5.74) is 5.18. The Bertz CT molecular complexity index is 1180. The highest BCUT2D eigenvalue weighted by Gasteiger charge is 2.53. The van der Waals surface area contributed by atoms with E-state index in [1.54, 1.807) is 0 Å². The van der Waals surface area contributed by atoms with Gasteiger partial charge in [-0.05, 0) is 76.2 Å². The van der Waals surface area contributed by atoms with E-state index in [-0.39, 0.29) is 17.0 Å². The second-order valence-electron chi connectivity index (χ2n) is 11.1. The van der Waals surface area contributed by atoms with Gasteiger partial charge in [0.2, 0.25) is 5.91 Å². The molecule has 34 heavy (non-hydrogen) atoms. The molecule has 2 aliphatic carbocycles. The number of hydrogen-bond acceptors (Lipinski definition) is 2. The third-order valence-electron chi connectivity index (χ3n) is 9.42. The van der Waals surface area contributed by atoms with Gasteiger partial charge in [0.25, 0.3) is 0 Å². The maximum absolute atomic E-state index is 14.0. The highest BCUT2D eigenvalue weighted by atomic mass is 16.2. The van der Waals surface area contributed by atoms with Crippen LogP contribution in [0, 0.1) is 5.92 Å². The predicted octanol–water partition coefficient (Wildman–Crippen LogP) is 5.97. The van der Waals surface area contributed by atoms with Crippen LogP contribution in [0.15, 0.2) is 54.6 Å². The molecule has 3 aromatic rings. The maximum atomic E-state index is 14.0. The molecule has 3 aliphatic rings. The molecule has 2 saturated carbocycles. The summed E-state index contributed by atoms with van der Waals surface area (Å²) in [5.74, 6) is 0.635. The SMILES string of the molecule is CN(C)C1(c2ccccc2)CCC2(CC1)c1[nH]c3ccccc3c1CCN2C(=O)C1CCCC1. The zero-order chi connectivity index (χ0) is 23.3. The first kappa shape index (κ1) is 21.9. The first-order chi connectivity index (χ1) is 16.6. The van der Waals surface area contributed by atoms with Crippen molar-refractivity contribution >= 4 is 16.8 Å². The molecule has 1 amide bonds. The van der Waals surface area contributed by atoms with Crippen molar-refractivity contribution in [1.29, 1.82) is 0 Å². The number of aromatic nitrogens is 1. The van der Waals surface area contributed by atoms with Crippen molar-refractivity contribution in [2.24, 2.45) is 5.92 Å². The molecule has 0 atom stereocenters. The molecular weight excluding hydrogens is 418 g/mol. The predicted molar refractivity (Wildman–Crippen MR) is 138 cm³/mol. The number of carbonyl (C=O) groups excluding carboxylic acids is 1. The van der Waals surface area contributed by atoms with Crippen molar-refractivity contribution in [2.75, 3.05) is 20.6 Å². The summed E-state index contributed by atoms with van der Waals surface area (Å²) in [6.45, 7) is 0.852. The van der Waals surface area contributed by atoms with E-state index in [1.807, 2.05) is 0 Å². The Hall–Kier alpha value is -2.59. The van der Waals surface area contributed by atoms with Crippen LogP contribution >= 0.6 is 0 Å². The first-order valence-electron chi connectivity index (χ1n) is 13.2. The van der Waals surface area contributed by atoms with Crippen molar-refractivity contribution in [3.63, 3.8) is 0 Å². The lowest BCUT2D eigenvalue weighted by atomic mass is 9.65. The fourth-order valence-electron chi connectivity index (χ4n) is 7.48. The van der Waals surface area contributed by atoms with Gasteiger partial charge in [0, 0.05) is 34.6 Å². The number of carbonyl (C=O) groups is 1. The van der Waals surface area contributed by atoms with E-state index in [2.05, 4.69) is 83.5 Å². The van der Waals surface area contributed by atoms with Gasteiger partial charge in [-0.3, -0.25) is 9.69 Å². The van der Waals surface area contributed by atoms with Crippen LogP contribution in [-0.4, -0.2) is 41.3 Å². The Labute approximate surface area is 203 Å². The lowest BCUT2D eigenvalue weighted by molar-refractivity contribution is -0.147. The number of benzene rings is 2. The summed E-state index contributed by atoms with van der Waals surface area (Å²) >= 11 is 0. The molecule has 1 spiro atoms. The van der Waals surface area contributed by atoms with E-state index in [9.17, 15) is 4.79 Å². The summed E-state index contributed by atoms with van der Waals surface area (Å²) in [6.07, 6.45) is 9.58. The number of H-pyrrole nitrogens is 1. The van der Waals surface area contributed by atoms with Crippen molar-refractivity contribution in [3.8, 4) is 0 Å². The van der Waals surface area contributed by atoms with Crippen LogP contribution in [0.2, 0.25) is 0 Å². The molecule has 1 aromatic heterocycles. The molecule has 0 unspecified atom stereocenters. The van der Waals surface area contributed by atoms with Gasteiger partial charge in [-0.25, -0.2) is 0 Å². The molecule has 0 bridgehead atoms. The molecule has 0 saturated heterocycles. The second kappa shape index (κ2) is 8.27. The Morgan fingerprint density at radius 1 is 0.941 bits per heavy atom. The van der Waals surface area contributed by atoms with Crippen LogP contribution in [0.1, 0.15) is 68.2 Å². The van der Waals surface area contributed by atoms with Gasteiger partial charge in [0.1, 0.15) is 0 Å². The zero-order valence-corrected chi connectivity index (χ0v) is 20.6. The van der Waals surface area contributed by atoms with Gasteiger partial charge < -0.3 is 9.88 Å². The summed E-state index contributed by atoms with van der Waals surface area (Å²) in [4.78, 5) is 22.6. The maximum Gasteiger partial charge on any atom is 0.226 e. The van der Waals surface area contributed by atoms with Crippen LogP contribution in [0.4, 0.5) is 0 Å². The van der Waals surface area contributed by atoms with E-state index in [0.717, 1.165) is 51.5 Å². The molecular formula is C30H37N3O. The Balaban J connectivity index is 1.44. The Kier molecular flexibility index (Phi) is 5.33. The largest absolute Gasteiger partial charge is 0.356 e. The summed E-state index contributed by atoms with van der Waals surface area (Å²) < 4.78 is 0. The van der Waals surface area contributed by atoms with Gasteiger partial charge in [-0.1, -0.05) is 61.4 Å². The number of rotatable bonds is 3. The summed E-state index contributed by atoms with van der Waals surface area (Å²) in [5, 5.41) is 1.34. The van der Waals surface area contributed by atoms with Crippen molar-refractivity contribution in [1.82, 2.24) is 14.8 Å². The van der Waals surface area contributed by atoms with Crippen LogP contribution in [-0.2, 0) is 22.3 Å². The minimum atomic E-state index is -0.222. The Morgan fingerprint density at radius 2 is 1.62 bits per heavy atom. The van der Waals surface area contributed by atoms with E-state index in [1.165, 1.54) is 40.6 Å². The van der Waals surface area contributed by atoms with Crippen molar-refractivity contribution < 1.29 is 4.79 Å². The lowest BCUT2D eigenvalue weighted by Gasteiger charge is -2.55. The van der Waals surface area contributed by atoms with E-state index in [0.29, 0.717) is 5.91 Å². The van der Waals surface area contributed by atoms with Crippen LogP contribution in [0.25, 0.3) is 10.9 Å². The van der Waals surface area contributed by atoms with E-state index in [4.69, 9.17) is 0 Å². The highest BCUT2D eigenvalue weighted by molar-refractivity contribution is 5.87. The lowest BCUT2D eigenvalue weighted by Crippen LogP contribution is -2.59. The van der Waals surface area contributed by atoms with Crippen LogP contribution in [0.5, 0.6) is 0 Å². The molecule has 4 heteroatoms. The number of nitrogens with zero attached hydrogens (tertiary/aromatic N) is 2. The van der Waals surface area contributed by atoms with Gasteiger partial charge in [-0.2, -0.15) is 0 Å². The fraction of sp³-hybridized carbons (Fsp3) is 0.500. The topological polar surface area (TPSA) is 39.3 Å². The monoisotopic (exact) mass is 455 g/mol. The van der Waals surface area contributed by atoms with Crippen molar-refractivity contribution in [2.45, 2.75) is 68.9 Å². The van der Waals surface area contributed by atoms with E-state index < -0.39 is 0 Å². The number of fused-ring (bicyclic) bond motifs is 4. The number of aromatic amines is 1. The molecule has 2 aromatic carbocycles. The normalized spacial score (nSPS) is 27.6. The molecule has 1 aliphatic heterocycles. The molecule has 1 N–H and O–H groups in total. The average molecular weight is 456 g/mol. The summed E-state index contributed by atoms with van der Waals surface area (Å²) in [7, 11) is 4.45. The number of hydrogen-bond donors (Lipinski definition) is 1. The number of nitrogens with one attached hydrogen (secondary N) is 1. The zero-order valence-electron chi connectivity index (χ0n) is 20.6. The molecule has 4 nitrogen and oxygen atoms in total. The minimum absolute atomic E-state index is 0.0121. The smallest absolute Gasteiger partial charge is 0.226 e. The third kappa shape index (κ3) is 3.18. The number of amides is 1. The third-order valence-corrected chi connectivity index (χ3v) is 9.42. The molecule has 0 radical (unpaired) electrons. The van der Waals surface area contributed by atoms with Crippen LogP contribution < -0.4 is 0 Å². The van der Waals surface area contributed by atoms with Crippen molar-refractivity contribution in [3.05, 3.63) is 71.4 Å². The first-order valence-corrected chi connectivity index (χ1v) is 13.2. The highest BCUT2D eigenvalue weighted by Crippen LogP contribution is 2.54. The van der Waals surface area contributed by atoms with Crippen LogP contribution in [0.3, 0.4) is 0 Å². The van der Waals surface area contributed by atoms with Gasteiger partial charge >= 0.3 is 0 Å². The van der Waals surface area contributed by atoms with Gasteiger partial charge in [0.05, 0.1) is 5.54 Å². The molecule has 6 rings (SSSR count). The molecule has 178 valence electrons. The van der Waals surface area contributed by atoms with E-state index >= 15 is 0 Å². The Morgan fingerprint density at radius 3 is 2.32 bits per heavy atom. The standard InChI is InChI=1S/C30H37N3O/c1-32(2)29(23-12-4-3-5-13-23)17-19-30(20-18-29)27-25(24-14-8-9-15-26(24)31-27)16-21-33(30)28(34)22-10-6-7-11-22/h3-5,8-9,12-15,22,31H,6-7,10-11,16-21H2,1-2H3. The van der Waals surface area contributed by atoms with Gasteiger partial charge in [0.15, 0.2) is 0 Å². The fourth-order valence-corrected chi connectivity index (χ4v) is 7.48.